The van der Waals surface area contributed by atoms with Crippen molar-refractivity contribution >= 4 is 49.6 Å². The first-order chi connectivity index (χ1) is 13.3. The molecule has 0 saturated heterocycles. The molecule has 0 aliphatic carbocycles. The average molecular weight is 411 g/mol. The molecule has 5 aromatic rings. The Morgan fingerprint density at radius 2 is 2.04 bits per heavy atom. The van der Waals surface area contributed by atoms with Gasteiger partial charge in [-0.05, 0) is 24.3 Å². The van der Waals surface area contributed by atoms with Gasteiger partial charge in [0.25, 0.3) is 0 Å². The molecule has 0 unspecified atom stereocenters. The minimum atomic E-state index is 0.755. The molecule has 0 aliphatic rings. The van der Waals surface area contributed by atoms with Crippen LogP contribution in [0.3, 0.4) is 0 Å². The fourth-order valence-corrected chi connectivity index (χ4v) is 5.63. The third-order valence-corrected chi connectivity index (χ3v) is 7.04. The van der Waals surface area contributed by atoms with Gasteiger partial charge in [0.05, 0.1) is 23.0 Å². The van der Waals surface area contributed by atoms with Crippen LogP contribution < -0.4 is 4.74 Å². The summed E-state index contributed by atoms with van der Waals surface area (Å²) >= 11 is 4.97. The summed E-state index contributed by atoms with van der Waals surface area (Å²) in [6.45, 7) is 0. The van der Waals surface area contributed by atoms with Crippen LogP contribution in [-0.2, 0) is 5.75 Å². The Labute approximate surface area is 167 Å². The minimum absolute atomic E-state index is 0.755. The summed E-state index contributed by atoms with van der Waals surface area (Å²) in [5, 5.41) is 12.7. The molecule has 0 amide bonds. The number of hydrogen-bond acceptors (Lipinski definition) is 7. The summed E-state index contributed by atoms with van der Waals surface area (Å²) in [5.74, 6) is 1.60. The van der Waals surface area contributed by atoms with E-state index in [4.69, 9.17) is 9.72 Å². The maximum atomic E-state index is 5.30. The molecule has 5 rings (SSSR count). The molecule has 3 heterocycles. The lowest BCUT2D eigenvalue weighted by Gasteiger charge is -2.01. The highest BCUT2D eigenvalue weighted by Gasteiger charge is 2.13. The summed E-state index contributed by atoms with van der Waals surface area (Å²) in [7, 11) is 1.68. The average Bonchev–Trinajstić information content (AvgIpc) is 3.42. The molecule has 0 spiro atoms. The summed E-state index contributed by atoms with van der Waals surface area (Å²) in [4.78, 5) is 5.70. The number of ether oxygens (including phenoxy) is 1. The fraction of sp³-hybridized carbons (Fsp3) is 0.105. The molecule has 0 atom stereocenters. The Hall–Kier alpha value is -2.42. The van der Waals surface area contributed by atoms with E-state index in [-0.39, 0.29) is 0 Å². The van der Waals surface area contributed by atoms with E-state index in [0.29, 0.717) is 0 Å². The van der Waals surface area contributed by atoms with Crippen molar-refractivity contribution in [3.05, 3.63) is 59.6 Å². The predicted molar refractivity (Wildman–Crippen MR) is 112 cm³/mol. The maximum Gasteiger partial charge on any atom is 0.217 e. The van der Waals surface area contributed by atoms with E-state index in [1.807, 2.05) is 30.3 Å². The van der Waals surface area contributed by atoms with Crippen molar-refractivity contribution in [2.75, 3.05) is 7.11 Å². The molecule has 0 saturated carbocycles. The topological polar surface area (TPSA) is 52.3 Å². The summed E-state index contributed by atoms with van der Waals surface area (Å²) in [5.41, 5.74) is 3.27. The second-order valence-electron chi connectivity index (χ2n) is 5.83. The zero-order chi connectivity index (χ0) is 18.2. The Morgan fingerprint density at radius 3 is 2.96 bits per heavy atom. The van der Waals surface area contributed by atoms with Gasteiger partial charge >= 0.3 is 0 Å². The van der Waals surface area contributed by atoms with Crippen molar-refractivity contribution in [1.82, 2.24) is 19.6 Å². The van der Waals surface area contributed by atoms with Gasteiger partial charge in [-0.15, -0.1) is 21.5 Å². The molecule has 0 bridgehead atoms. The molecule has 134 valence electrons. The molecule has 8 heteroatoms. The van der Waals surface area contributed by atoms with Gasteiger partial charge in [0.2, 0.25) is 4.96 Å². The maximum absolute atomic E-state index is 5.30. The smallest absolute Gasteiger partial charge is 0.217 e. The zero-order valence-corrected chi connectivity index (χ0v) is 16.8. The number of aromatic nitrogens is 4. The molecule has 5 nitrogen and oxygen atoms in total. The van der Waals surface area contributed by atoms with E-state index < -0.39 is 0 Å². The highest BCUT2D eigenvalue weighted by molar-refractivity contribution is 7.98. The highest BCUT2D eigenvalue weighted by atomic mass is 32.2. The third kappa shape index (κ3) is 3.09. The zero-order valence-electron chi connectivity index (χ0n) is 14.3. The first-order valence-corrected chi connectivity index (χ1v) is 10.9. The number of para-hydroxylation sites is 1. The molecule has 3 aromatic heterocycles. The van der Waals surface area contributed by atoms with Crippen LogP contribution >= 0.6 is 34.4 Å². The van der Waals surface area contributed by atoms with Crippen LogP contribution in [0.1, 0.15) is 5.69 Å². The van der Waals surface area contributed by atoms with Crippen molar-refractivity contribution in [3.63, 3.8) is 0 Å². The van der Waals surface area contributed by atoms with Crippen LogP contribution in [0.5, 0.6) is 5.75 Å². The highest BCUT2D eigenvalue weighted by Crippen LogP contribution is 2.32. The number of thioether (sulfide) groups is 1. The van der Waals surface area contributed by atoms with E-state index in [1.54, 1.807) is 41.5 Å². The molecule has 0 radical (unpaired) electrons. The first-order valence-electron chi connectivity index (χ1n) is 8.26. The van der Waals surface area contributed by atoms with E-state index >= 15 is 0 Å². The Morgan fingerprint density at radius 1 is 1.11 bits per heavy atom. The number of methoxy groups -OCH3 is 1. The van der Waals surface area contributed by atoms with Crippen LogP contribution in [-0.4, -0.2) is 26.7 Å². The molecule has 0 fully saturated rings. The van der Waals surface area contributed by atoms with Gasteiger partial charge in [-0.25, -0.2) is 4.98 Å². The van der Waals surface area contributed by atoms with Gasteiger partial charge in [0, 0.05) is 16.7 Å². The van der Waals surface area contributed by atoms with Crippen LogP contribution in [0.4, 0.5) is 0 Å². The Balaban J connectivity index is 1.39. The number of hydrogen-bond donors (Lipinski definition) is 0. The summed E-state index contributed by atoms with van der Waals surface area (Å²) < 4.78 is 8.65. The molecule has 2 aromatic carbocycles. The van der Waals surface area contributed by atoms with E-state index in [1.165, 1.54) is 4.70 Å². The fourth-order valence-electron chi connectivity index (χ4n) is 2.85. The Bertz CT molecular complexity index is 1240. The number of fused-ring (bicyclic) bond motifs is 3. The largest absolute Gasteiger partial charge is 0.497 e. The summed E-state index contributed by atoms with van der Waals surface area (Å²) in [6, 6.07) is 16.3. The van der Waals surface area contributed by atoms with E-state index in [9.17, 15) is 0 Å². The van der Waals surface area contributed by atoms with Crippen LogP contribution in [0.15, 0.2) is 59.1 Å². The van der Waals surface area contributed by atoms with E-state index in [2.05, 4.69) is 38.2 Å². The van der Waals surface area contributed by atoms with Gasteiger partial charge in [-0.3, -0.25) is 4.40 Å². The van der Waals surface area contributed by atoms with Gasteiger partial charge < -0.3 is 4.74 Å². The quantitative estimate of drug-likeness (QED) is 0.365. The van der Waals surface area contributed by atoms with Crippen LogP contribution in [0.25, 0.3) is 25.7 Å². The SMILES string of the molecule is COc1cccc(-c2nc(CSc3nnc4sc5ccccc5n34)cs2)c1. The van der Waals surface area contributed by atoms with Gasteiger partial charge in [0.15, 0.2) is 5.16 Å². The van der Waals surface area contributed by atoms with Gasteiger partial charge in [-0.1, -0.05) is 47.4 Å². The molecule has 0 aliphatic heterocycles. The van der Waals surface area contributed by atoms with Gasteiger partial charge in [0.1, 0.15) is 10.8 Å². The third-order valence-electron chi connectivity index (χ3n) is 4.13. The normalized spacial score (nSPS) is 11.4. The number of rotatable bonds is 5. The number of nitrogens with zero attached hydrogens (tertiary/aromatic N) is 4. The molecular formula is C19H14N4OS3. The lowest BCUT2D eigenvalue weighted by atomic mass is 10.2. The standard InChI is InChI=1S/C19H14N4OS3/c1-24-14-6-4-5-12(9-14)17-20-13(10-25-17)11-26-18-21-22-19-23(18)15-7-2-3-8-16(15)27-19/h2-10H,11H2,1H3. The number of thiazole rings is 2. The lowest BCUT2D eigenvalue weighted by molar-refractivity contribution is 0.415. The second kappa shape index (κ2) is 6.95. The molecular weight excluding hydrogens is 396 g/mol. The van der Waals surface area contributed by atoms with Gasteiger partial charge in [-0.2, -0.15) is 0 Å². The van der Waals surface area contributed by atoms with Crippen molar-refractivity contribution in [2.45, 2.75) is 10.9 Å². The first kappa shape index (κ1) is 16.7. The monoisotopic (exact) mass is 410 g/mol. The molecule has 27 heavy (non-hydrogen) atoms. The minimum Gasteiger partial charge on any atom is -0.497 e. The lowest BCUT2D eigenvalue weighted by Crippen LogP contribution is -1.88. The van der Waals surface area contributed by atoms with Crippen molar-refractivity contribution in [3.8, 4) is 16.3 Å². The van der Waals surface area contributed by atoms with Crippen molar-refractivity contribution in [1.29, 1.82) is 0 Å². The number of benzene rings is 2. The predicted octanol–water partition coefficient (Wildman–Crippen LogP) is 5.37. The van der Waals surface area contributed by atoms with Crippen molar-refractivity contribution in [2.24, 2.45) is 0 Å². The second-order valence-corrected chi connectivity index (χ2v) is 8.64. The van der Waals surface area contributed by atoms with Crippen LogP contribution in [0.2, 0.25) is 0 Å². The van der Waals surface area contributed by atoms with Crippen molar-refractivity contribution < 1.29 is 4.74 Å². The van der Waals surface area contributed by atoms with E-state index in [0.717, 1.165) is 43.4 Å². The Kier molecular flexibility index (Phi) is 4.31. The molecule has 0 N–H and O–H groups in total. The summed E-state index contributed by atoms with van der Waals surface area (Å²) in [6.07, 6.45) is 0. The van der Waals surface area contributed by atoms with Crippen LogP contribution in [0, 0.1) is 0 Å².